The molecule has 0 aliphatic carbocycles. The lowest BCUT2D eigenvalue weighted by molar-refractivity contribution is -0.146. The van der Waals surface area contributed by atoms with Gasteiger partial charge in [-0.25, -0.2) is 4.98 Å². The van der Waals surface area contributed by atoms with Gasteiger partial charge in [0.25, 0.3) is 0 Å². The Kier molecular flexibility index (Phi) is 3.84. The number of hydrogen-bond acceptors (Lipinski definition) is 5. The standard InChI is InChI=1S/C14H16ClN3O3/c1-21-14(20)12-4-11(19)8-17(12)6-10-7-18-5-9(15)2-3-13(18)16-10/h2-3,5,7,11-12,19H,4,6,8H2,1H3. The Morgan fingerprint density at radius 2 is 2.33 bits per heavy atom. The van der Waals surface area contributed by atoms with Gasteiger partial charge in [-0.2, -0.15) is 0 Å². The van der Waals surface area contributed by atoms with Crippen molar-refractivity contribution in [1.29, 1.82) is 0 Å². The van der Waals surface area contributed by atoms with Gasteiger partial charge in [0, 0.05) is 31.9 Å². The van der Waals surface area contributed by atoms with E-state index in [-0.39, 0.29) is 5.97 Å². The number of aromatic nitrogens is 2. The summed E-state index contributed by atoms with van der Waals surface area (Å²) in [5, 5.41) is 10.4. The Morgan fingerprint density at radius 1 is 1.52 bits per heavy atom. The van der Waals surface area contributed by atoms with E-state index >= 15 is 0 Å². The maximum absolute atomic E-state index is 11.8. The molecular formula is C14H16ClN3O3. The van der Waals surface area contributed by atoms with Gasteiger partial charge in [0.2, 0.25) is 0 Å². The lowest BCUT2D eigenvalue weighted by Gasteiger charge is -2.20. The molecule has 1 aliphatic heterocycles. The first-order valence-electron chi connectivity index (χ1n) is 6.70. The number of rotatable bonds is 3. The maximum Gasteiger partial charge on any atom is 0.323 e. The molecule has 0 amide bonds. The summed E-state index contributed by atoms with van der Waals surface area (Å²) in [5.41, 5.74) is 1.61. The van der Waals surface area contributed by atoms with Gasteiger partial charge < -0.3 is 14.2 Å². The molecule has 2 aromatic rings. The summed E-state index contributed by atoms with van der Waals surface area (Å²) in [4.78, 5) is 18.1. The third kappa shape index (κ3) is 2.88. The zero-order chi connectivity index (χ0) is 15.0. The third-order valence-electron chi connectivity index (χ3n) is 3.68. The number of esters is 1. The molecule has 2 atom stereocenters. The van der Waals surface area contributed by atoms with E-state index in [9.17, 15) is 9.90 Å². The number of aliphatic hydroxyl groups excluding tert-OH is 1. The number of imidazole rings is 1. The van der Waals surface area contributed by atoms with Crippen molar-refractivity contribution in [2.24, 2.45) is 0 Å². The van der Waals surface area contributed by atoms with Crippen LogP contribution in [0.3, 0.4) is 0 Å². The van der Waals surface area contributed by atoms with E-state index in [1.807, 2.05) is 21.6 Å². The summed E-state index contributed by atoms with van der Waals surface area (Å²) < 4.78 is 6.63. The number of halogens is 1. The van der Waals surface area contributed by atoms with Crippen molar-refractivity contribution in [3.05, 3.63) is 35.2 Å². The zero-order valence-corrected chi connectivity index (χ0v) is 12.3. The topological polar surface area (TPSA) is 67.1 Å². The molecule has 0 radical (unpaired) electrons. The first-order chi connectivity index (χ1) is 10.1. The second-order valence-corrected chi connectivity index (χ2v) is 5.64. The van der Waals surface area contributed by atoms with Crippen LogP contribution < -0.4 is 0 Å². The summed E-state index contributed by atoms with van der Waals surface area (Å²) >= 11 is 5.95. The van der Waals surface area contributed by atoms with Crippen LogP contribution in [0.4, 0.5) is 0 Å². The number of carbonyl (C=O) groups excluding carboxylic acids is 1. The molecule has 0 aromatic carbocycles. The van der Waals surface area contributed by atoms with Crippen molar-refractivity contribution in [2.45, 2.75) is 25.1 Å². The van der Waals surface area contributed by atoms with Crippen molar-refractivity contribution >= 4 is 23.2 Å². The number of hydrogen-bond donors (Lipinski definition) is 1. The average Bonchev–Trinajstić information content (AvgIpc) is 3.00. The first-order valence-corrected chi connectivity index (χ1v) is 7.07. The van der Waals surface area contributed by atoms with Crippen molar-refractivity contribution in [1.82, 2.24) is 14.3 Å². The van der Waals surface area contributed by atoms with E-state index in [1.54, 1.807) is 12.3 Å². The molecule has 112 valence electrons. The highest BCUT2D eigenvalue weighted by atomic mass is 35.5. The number of likely N-dealkylation sites (tertiary alicyclic amines) is 1. The lowest BCUT2D eigenvalue weighted by Crippen LogP contribution is -2.36. The minimum Gasteiger partial charge on any atom is -0.468 e. The maximum atomic E-state index is 11.8. The van der Waals surface area contributed by atoms with Gasteiger partial charge in [-0.3, -0.25) is 9.69 Å². The van der Waals surface area contributed by atoms with E-state index < -0.39 is 12.1 Å². The van der Waals surface area contributed by atoms with E-state index in [1.165, 1.54) is 7.11 Å². The van der Waals surface area contributed by atoms with Crippen LogP contribution in [0.15, 0.2) is 24.5 Å². The summed E-state index contributed by atoms with van der Waals surface area (Å²) in [6.07, 6.45) is 3.54. The lowest BCUT2D eigenvalue weighted by atomic mass is 10.2. The number of methoxy groups -OCH3 is 1. The van der Waals surface area contributed by atoms with Crippen molar-refractivity contribution in [3.63, 3.8) is 0 Å². The number of β-amino-alcohol motifs (C(OH)–C–C–N with tert-alkyl or cyclic N) is 1. The second-order valence-electron chi connectivity index (χ2n) is 5.20. The molecule has 0 spiro atoms. The second kappa shape index (κ2) is 5.63. The van der Waals surface area contributed by atoms with Gasteiger partial charge in [0.15, 0.2) is 0 Å². The number of pyridine rings is 1. The first kappa shape index (κ1) is 14.3. The van der Waals surface area contributed by atoms with Crippen molar-refractivity contribution < 1.29 is 14.6 Å². The van der Waals surface area contributed by atoms with Gasteiger partial charge in [0.1, 0.15) is 11.7 Å². The van der Waals surface area contributed by atoms with Crippen molar-refractivity contribution in [3.8, 4) is 0 Å². The monoisotopic (exact) mass is 309 g/mol. The predicted molar refractivity (Wildman–Crippen MR) is 77.0 cm³/mol. The van der Waals surface area contributed by atoms with Gasteiger partial charge in [-0.15, -0.1) is 0 Å². The smallest absolute Gasteiger partial charge is 0.323 e. The van der Waals surface area contributed by atoms with Crippen LogP contribution in [-0.4, -0.2) is 51.2 Å². The Morgan fingerprint density at radius 3 is 3.10 bits per heavy atom. The van der Waals surface area contributed by atoms with E-state index in [4.69, 9.17) is 16.3 Å². The molecule has 0 bridgehead atoms. The summed E-state index contributed by atoms with van der Waals surface area (Å²) in [7, 11) is 1.36. The molecule has 1 N–H and O–H groups in total. The predicted octanol–water partition coefficient (Wildman–Crippen LogP) is 1.10. The zero-order valence-electron chi connectivity index (χ0n) is 11.6. The molecule has 21 heavy (non-hydrogen) atoms. The van der Waals surface area contributed by atoms with Crippen LogP contribution in [0.2, 0.25) is 5.02 Å². The summed E-state index contributed by atoms with van der Waals surface area (Å²) in [6.45, 7) is 0.921. The quantitative estimate of drug-likeness (QED) is 0.860. The van der Waals surface area contributed by atoms with Crippen LogP contribution in [-0.2, 0) is 16.1 Å². The fourth-order valence-electron chi connectivity index (χ4n) is 2.74. The van der Waals surface area contributed by atoms with E-state index in [2.05, 4.69) is 4.98 Å². The van der Waals surface area contributed by atoms with Crippen LogP contribution in [0, 0.1) is 0 Å². The Hall–Kier alpha value is -1.63. The molecule has 2 unspecified atom stereocenters. The Bertz CT molecular complexity index is 673. The molecule has 3 rings (SSSR count). The largest absolute Gasteiger partial charge is 0.468 e. The van der Waals surface area contributed by atoms with E-state index in [0.29, 0.717) is 24.5 Å². The number of fused-ring (bicyclic) bond motifs is 1. The van der Waals surface area contributed by atoms with Gasteiger partial charge >= 0.3 is 5.97 Å². The fourth-order valence-corrected chi connectivity index (χ4v) is 2.90. The van der Waals surface area contributed by atoms with Crippen LogP contribution >= 0.6 is 11.6 Å². The number of ether oxygens (including phenoxy) is 1. The minimum atomic E-state index is -0.513. The molecule has 7 heteroatoms. The highest BCUT2D eigenvalue weighted by molar-refractivity contribution is 6.30. The number of aliphatic hydroxyl groups is 1. The van der Waals surface area contributed by atoms with Crippen LogP contribution in [0.1, 0.15) is 12.1 Å². The summed E-state index contributed by atoms with van der Waals surface area (Å²) in [5.74, 6) is -0.321. The number of nitrogens with zero attached hydrogens (tertiary/aromatic N) is 3. The van der Waals surface area contributed by atoms with Gasteiger partial charge in [-0.05, 0) is 12.1 Å². The third-order valence-corrected chi connectivity index (χ3v) is 3.91. The summed E-state index contributed by atoms with van der Waals surface area (Å²) in [6, 6.07) is 3.20. The van der Waals surface area contributed by atoms with Crippen molar-refractivity contribution in [2.75, 3.05) is 13.7 Å². The molecular weight excluding hydrogens is 294 g/mol. The fraction of sp³-hybridized carbons (Fsp3) is 0.429. The normalized spacial score (nSPS) is 22.8. The minimum absolute atomic E-state index is 0.321. The molecule has 3 heterocycles. The van der Waals surface area contributed by atoms with Gasteiger partial charge in [-0.1, -0.05) is 11.6 Å². The molecule has 6 nitrogen and oxygen atoms in total. The highest BCUT2D eigenvalue weighted by Crippen LogP contribution is 2.22. The molecule has 2 aromatic heterocycles. The molecule has 1 saturated heterocycles. The average molecular weight is 310 g/mol. The molecule has 1 fully saturated rings. The van der Waals surface area contributed by atoms with Crippen LogP contribution in [0.5, 0.6) is 0 Å². The molecule has 0 saturated carbocycles. The SMILES string of the molecule is COC(=O)C1CC(O)CN1Cc1cn2cc(Cl)ccc2n1. The van der Waals surface area contributed by atoms with E-state index in [0.717, 1.165) is 11.3 Å². The molecule has 1 aliphatic rings. The Labute approximate surface area is 126 Å². The van der Waals surface area contributed by atoms with Crippen LogP contribution in [0.25, 0.3) is 5.65 Å². The highest BCUT2D eigenvalue weighted by Gasteiger charge is 2.36. The van der Waals surface area contributed by atoms with Gasteiger partial charge in [0.05, 0.1) is 23.9 Å². The Balaban J connectivity index is 1.81. The number of carbonyl (C=O) groups is 1.